The van der Waals surface area contributed by atoms with Crippen molar-refractivity contribution < 1.29 is 4.42 Å². The zero-order valence-electron chi connectivity index (χ0n) is 28.1. The molecule has 0 atom stereocenters. The molecule has 10 aromatic rings. The van der Waals surface area contributed by atoms with Gasteiger partial charge in [-0.2, -0.15) is 0 Å². The van der Waals surface area contributed by atoms with Crippen molar-refractivity contribution in [3.8, 4) is 44.6 Å². The van der Waals surface area contributed by atoms with E-state index >= 15 is 0 Å². The van der Waals surface area contributed by atoms with Gasteiger partial charge in [-0.25, -0.2) is 4.98 Å². The molecule has 0 aliphatic heterocycles. The summed E-state index contributed by atoms with van der Waals surface area (Å²) >= 11 is 1.81. The predicted molar refractivity (Wildman–Crippen MR) is 214 cm³/mol. The maximum Gasteiger partial charge on any atom is 0.147 e. The second kappa shape index (κ2) is 10.5. The number of nitrogens with zero attached hydrogens (tertiary/aromatic N) is 2. The monoisotopic (exact) mass is 670 g/mol. The lowest BCUT2D eigenvalue weighted by Gasteiger charge is -2.22. The summed E-state index contributed by atoms with van der Waals surface area (Å²) in [5, 5.41) is 5.71. The van der Waals surface area contributed by atoms with Gasteiger partial charge in [0.1, 0.15) is 11.2 Å². The maximum absolute atomic E-state index is 6.63. The van der Waals surface area contributed by atoms with E-state index < -0.39 is 0 Å². The van der Waals surface area contributed by atoms with Crippen LogP contribution in [0.4, 0.5) is 0 Å². The van der Waals surface area contributed by atoms with Crippen molar-refractivity contribution in [3.63, 3.8) is 0 Å². The second-order valence-corrected chi connectivity index (χ2v) is 15.2. The molecule has 0 radical (unpaired) electrons. The van der Waals surface area contributed by atoms with Crippen LogP contribution in [-0.2, 0) is 5.41 Å². The largest absolute Gasteiger partial charge is 0.455 e. The van der Waals surface area contributed by atoms with Gasteiger partial charge in [0, 0.05) is 49.6 Å². The predicted octanol–water partition coefficient (Wildman–Crippen LogP) is 13.2. The Morgan fingerprint density at radius 1 is 0.569 bits per heavy atom. The first-order chi connectivity index (χ1) is 25.0. The summed E-state index contributed by atoms with van der Waals surface area (Å²) in [6, 6.07) is 48.2. The summed E-state index contributed by atoms with van der Waals surface area (Å²) in [6.07, 6.45) is 3.77. The van der Waals surface area contributed by atoms with Gasteiger partial charge in [0.15, 0.2) is 0 Å². The number of para-hydroxylation sites is 1. The highest BCUT2D eigenvalue weighted by Crippen LogP contribution is 2.51. The molecule has 0 fully saturated rings. The van der Waals surface area contributed by atoms with Crippen LogP contribution in [0.15, 0.2) is 150 Å². The van der Waals surface area contributed by atoms with Crippen molar-refractivity contribution >= 4 is 64.4 Å². The van der Waals surface area contributed by atoms with Gasteiger partial charge in [-0.15, -0.1) is 11.3 Å². The first-order valence-electron chi connectivity index (χ1n) is 17.4. The Balaban J connectivity index is 1.04. The van der Waals surface area contributed by atoms with Crippen molar-refractivity contribution in [1.29, 1.82) is 0 Å². The lowest BCUT2D eigenvalue weighted by molar-refractivity contribution is 0.661. The van der Waals surface area contributed by atoms with Crippen LogP contribution in [0.25, 0.3) is 97.7 Å². The number of fused-ring (bicyclic) bond motifs is 12. The smallest absolute Gasteiger partial charge is 0.147 e. The van der Waals surface area contributed by atoms with E-state index in [2.05, 4.69) is 140 Å². The summed E-state index contributed by atoms with van der Waals surface area (Å²) in [6.45, 7) is 4.69. The van der Waals surface area contributed by atoms with Crippen LogP contribution in [0.2, 0.25) is 0 Å². The molecule has 4 aromatic heterocycles. The van der Waals surface area contributed by atoms with Gasteiger partial charge < -0.3 is 4.42 Å². The van der Waals surface area contributed by atoms with Gasteiger partial charge in [0.2, 0.25) is 0 Å². The van der Waals surface area contributed by atoms with Crippen LogP contribution in [-0.4, -0.2) is 9.97 Å². The lowest BCUT2D eigenvalue weighted by Crippen LogP contribution is -2.15. The number of benzene rings is 6. The summed E-state index contributed by atoms with van der Waals surface area (Å²) in [5.41, 5.74) is 14.8. The molecule has 6 aromatic carbocycles. The first kappa shape index (κ1) is 28.7. The van der Waals surface area contributed by atoms with Gasteiger partial charge in [-0.1, -0.05) is 111 Å². The van der Waals surface area contributed by atoms with E-state index in [1.165, 1.54) is 59.1 Å². The molecule has 1 aliphatic rings. The average molecular weight is 671 g/mol. The Kier molecular flexibility index (Phi) is 5.89. The number of hydrogen-bond acceptors (Lipinski definition) is 4. The Hall–Kier alpha value is -6.10. The van der Waals surface area contributed by atoms with Crippen LogP contribution in [0.3, 0.4) is 0 Å². The van der Waals surface area contributed by atoms with Gasteiger partial charge in [0.25, 0.3) is 0 Å². The molecule has 0 unspecified atom stereocenters. The van der Waals surface area contributed by atoms with E-state index in [0.717, 1.165) is 49.7 Å². The van der Waals surface area contributed by atoms with Crippen molar-refractivity contribution in [3.05, 3.63) is 157 Å². The SMILES string of the molecule is CC1(C)c2cc(-c3ccc(-c4nc5c(ccc6c7ccccc7sc65)c5oc6ccccc6c45)cc3)ccc2-c2ccc(-c3cccnc3)cc21. The number of pyridine rings is 2. The van der Waals surface area contributed by atoms with Gasteiger partial charge >= 0.3 is 0 Å². The molecule has 3 nitrogen and oxygen atoms in total. The molecular formula is C47H30N2OS. The highest BCUT2D eigenvalue weighted by atomic mass is 32.1. The fourth-order valence-corrected chi connectivity index (χ4v) is 9.56. The summed E-state index contributed by atoms with van der Waals surface area (Å²) < 4.78 is 9.09. The normalized spacial score (nSPS) is 13.5. The summed E-state index contributed by atoms with van der Waals surface area (Å²) in [5.74, 6) is 0. The number of furan rings is 1. The topological polar surface area (TPSA) is 38.9 Å². The maximum atomic E-state index is 6.63. The minimum atomic E-state index is -0.125. The van der Waals surface area contributed by atoms with Crippen LogP contribution < -0.4 is 0 Å². The van der Waals surface area contributed by atoms with E-state index in [-0.39, 0.29) is 5.41 Å². The fourth-order valence-electron chi connectivity index (χ4n) is 8.37. The lowest BCUT2D eigenvalue weighted by atomic mass is 9.81. The molecule has 0 N–H and O–H groups in total. The zero-order chi connectivity index (χ0) is 33.8. The molecule has 0 bridgehead atoms. The molecule has 0 saturated carbocycles. The Labute approximate surface area is 298 Å². The minimum absolute atomic E-state index is 0.125. The van der Waals surface area contributed by atoms with Crippen LogP contribution in [0.1, 0.15) is 25.0 Å². The molecule has 0 amide bonds. The van der Waals surface area contributed by atoms with E-state index in [1.807, 2.05) is 35.9 Å². The summed E-state index contributed by atoms with van der Waals surface area (Å²) in [7, 11) is 0. The van der Waals surface area contributed by atoms with Gasteiger partial charge in [0.05, 0.1) is 21.3 Å². The number of thiophene rings is 1. The third-order valence-electron chi connectivity index (χ3n) is 11.0. The van der Waals surface area contributed by atoms with E-state index in [4.69, 9.17) is 9.40 Å². The third-order valence-corrected chi connectivity index (χ3v) is 12.2. The number of aromatic nitrogens is 2. The van der Waals surface area contributed by atoms with Crippen molar-refractivity contribution in [1.82, 2.24) is 9.97 Å². The molecule has 51 heavy (non-hydrogen) atoms. The zero-order valence-corrected chi connectivity index (χ0v) is 28.9. The molecule has 240 valence electrons. The van der Waals surface area contributed by atoms with E-state index in [1.54, 1.807) is 0 Å². The van der Waals surface area contributed by atoms with Crippen LogP contribution in [0, 0.1) is 0 Å². The number of hydrogen-bond donors (Lipinski definition) is 0. The number of rotatable bonds is 3. The molecule has 4 heterocycles. The average Bonchev–Trinajstić information content (AvgIpc) is 3.83. The highest BCUT2D eigenvalue weighted by Gasteiger charge is 2.36. The molecule has 1 aliphatic carbocycles. The Bertz CT molecular complexity index is 3040. The molecule has 0 spiro atoms. The molecule has 4 heteroatoms. The van der Waals surface area contributed by atoms with E-state index in [0.29, 0.717) is 0 Å². The minimum Gasteiger partial charge on any atom is -0.455 e. The Morgan fingerprint density at radius 2 is 1.24 bits per heavy atom. The first-order valence-corrected chi connectivity index (χ1v) is 18.2. The van der Waals surface area contributed by atoms with Crippen molar-refractivity contribution in [2.45, 2.75) is 19.3 Å². The van der Waals surface area contributed by atoms with Crippen molar-refractivity contribution in [2.24, 2.45) is 0 Å². The Morgan fingerprint density at radius 3 is 2.00 bits per heavy atom. The van der Waals surface area contributed by atoms with Gasteiger partial charge in [-0.3, -0.25) is 4.98 Å². The van der Waals surface area contributed by atoms with Gasteiger partial charge in [-0.05, 0) is 80.9 Å². The van der Waals surface area contributed by atoms with Crippen LogP contribution in [0.5, 0.6) is 0 Å². The highest BCUT2D eigenvalue weighted by molar-refractivity contribution is 7.26. The molecule has 11 rings (SSSR count). The summed E-state index contributed by atoms with van der Waals surface area (Å²) in [4.78, 5) is 9.84. The van der Waals surface area contributed by atoms with Crippen molar-refractivity contribution in [2.75, 3.05) is 0 Å². The van der Waals surface area contributed by atoms with Crippen LogP contribution >= 0.6 is 11.3 Å². The second-order valence-electron chi connectivity index (χ2n) is 14.2. The third kappa shape index (κ3) is 4.11. The molecular weight excluding hydrogens is 641 g/mol. The quantitative estimate of drug-likeness (QED) is 0.188. The fraction of sp³-hybridized carbons (Fsp3) is 0.0638. The molecule has 0 saturated heterocycles. The van der Waals surface area contributed by atoms with E-state index in [9.17, 15) is 0 Å². The standard InChI is InChI=1S/C47H30N2OS/c1-47(2)38-24-29(17-19-32(38)33-20-18-30(25-39(33)47)31-8-7-23-48-26-31)27-13-15-28(16-14-27)43-42-36-10-3-5-11-40(36)50-45(42)37-22-21-35-34-9-4-6-12-41(34)51-46(35)44(37)49-43/h3-26H,1-2H3.